The molecule has 142 valence electrons. The molecule has 1 saturated heterocycles. The van der Waals surface area contributed by atoms with Gasteiger partial charge in [0, 0.05) is 17.2 Å². The van der Waals surface area contributed by atoms with E-state index in [0.29, 0.717) is 0 Å². The van der Waals surface area contributed by atoms with Crippen molar-refractivity contribution in [3.8, 4) is 0 Å². The van der Waals surface area contributed by atoms with Crippen LogP contribution in [0.25, 0.3) is 0 Å². The molecule has 0 radical (unpaired) electrons. The first-order chi connectivity index (χ1) is 11.2. The highest BCUT2D eigenvalue weighted by molar-refractivity contribution is 7.84. The molecule has 0 amide bonds. The maximum Gasteiger partial charge on any atom is 0.342 e. The Bertz CT molecular complexity index is 660. The molecule has 0 saturated carbocycles. The van der Waals surface area contributed by atoms with Crippen LogP contribution in [-0.2, 0) is 25.3 Å². The molecule has 0 spiro atoms. The highest BCUT2D eigenvalue weighted by Crippen LogP contribution is 2.48. The summed E-state index contributed by atoms with van der Waals surface area (Å²) in [5.74, 6) is -1.50. The van der Waals surface area contributed by atoms with Crippen LogP contribution in [0.2, 0.25) is 0 Å². The van der Waals surface area contributed by atoms with Crippen molar-refractivity contribution in [2.75, 3.05) is 0 Å². The summed E-state index contributed by atoms with van der Waals surface area (Å²) in [6, 6.07) is 3.25. The van der Waals surface area contributed by atoms with E-state index in [1.165, 1.54) is 11.3 Å². The van der Waals surface area contributed by atoms with Gasteiger partial charge in [0.25, 0.3) is 0 Å². The number of carbonyl (C=O) groups is 1. The van der Waals surface area contributed by atoms with Crippen LogP contribution in [0.4, 0.5) is 0 Å². The fraction of sp³-hybridized carbons (Fsp3) is 0.722. The van der Waals surface area contributed by atoms with Crippen molar-refractivity contribution in [2.24, 2.45) is 5.41 Å². The van der Waals surface area contributed by atoms with Crippen LogP contribution < -0.4 is 4.72 Å². The summed E-state index contributed by atoms with van der Waals surface area (Å²) in [6.07, 6.45) is 0. The second kappa shape index (κ2) is 6.44. The van der Waals surface area contributed by atoms with Gasteiger partial charge in [-0.05, 0) is 39.1 Å². The normalized spacial score (nSPS) is 30.2. The van der Waals surface area contributed by atoms with Gasteiger partial charge in [-0.1, -0.05) is 26.8 Å². The second-order valence-electron chi connectivity index (χ2n) is 8.74. The molecule has 1 aliphatic heterocycles. The number of carbonyl (C=O) groups excluding carboxylic acids is 1. The predicted octanol–water partition coefficient (Wildman–Crippen LogP) is 3.94. The first-order valence-electron chi connectivity index (χ1n) is 8.36. The fourth-order valence-corrected chi connectivity index (χ4v) is 4.29. The third-order valence-electron chi connectivity index (χ3n) is 4.62. The number of rotatable bonds is 4. The van der Waals surface area contributed by atoms with Crippen LogP contribution in [0, 0.1) is 5.41 Å². The molecule has 2 heterocycles. The van der Waals surface area contributed by atoms with E-state index in [2.05, 4.69) is 4.72 Å². The van der Waals surface area contributed by atoms with E-state index in [1.54, 1.807) is 13.8 Å². The summed E-state index contributed by atoms with van der Waals surface area (Å²) < 4.78 is 27.3. The molecular weight excluding hydrogens is 358 g/mol. The van der Waals surface area contributed by atoms with Crippen LogP contribution in [0.3, 0.4) is 0 Å². The standard InChI is InChI=1S/C18H29NO4S2/c1-15(2,3)18(8)22-14(20)17(7,23-18)13(12-10-9-11-24-12)19-25(21)16(4,5)6/h9-11,13,19H,1-8H3/t13-,17-,18+,25?/m0/s1. The first kappa shape index (κ1) is 20.6. The Balaban J connectivity index is 2.44. The topological polar surface area (TPSA) is 64.6 Å². The van der Waals surface area contributed by atoms with Crippen LogP contribution >= 0.6 is 11.3 Å². The molecule has 1 fully saturated rings. The van der Waals surface area contributed by atoms with Gasteiger partial charge in [0.15, 0.2) is 5.60 Å². The van der Waals surface area contributed by atoms with Crippen molar-refractivity contribution in [2.45, 2.75) is 77.6 Å². The molecule has 5 nitrogen and oxygen atoms in total. The zero-order chi connectivity index (χ0) is 19.3. The average molecular weight is 388 g/mol. The van der Waals surface area contributed by atoms with E-state index < -0.39 is 44.5 Å². The molecule has 0 aromatic carbocycles. The van der Waals surface area contributed by atoms with E-state index in [0.717, 1.165) is 4.88 Å². The van der Waals surface area contributed by atoms with Gasteiger partial charge in [-0.25, -0.2) is 13.7 Å². The Kier molecular flexibility index (Phi) is 5.30. The third-order valence-corrected chi connectivity index (χ3v) is 7.12. The van der Waals surface area contributed by atoms with Crippen molar-refractivity contribution >= 4 is 28.3 Å². The van der Waals surface area contributed by atoms with Crippen molar-refractivity contribution in [3.63, 3.8) is 0 Å². The smallest absolute Gasteiger partial charge is 0.342 e. The Morgan fingerprint density at radius 1 is 1.20 bits per heavy atom. The lowest BCUT2D eigenvalue weighted by Gasteiger charge is -2.38. The molecule has 0 bridgehead atoms. The Hall–Kier alpha value is -0.760. The van der Waals surface area contributed by atoms with Crippen molar-refractivity contribution in [1.29, 1.82) is 0 Å². The van der Waals surface area contributed by atoms with Crippen LogP contribution in [-0.4, -0.2) is 26.3 Å². The van der Waals surface area contributed by atoms with Gasteiger partial charge in [0.2, 0.25) is 5.79 Å². The molecule has 0 aliphatic carbocycles. The number of cyclic esters (lactones) is 1. The van der Waals surface area contributed by atoms with Gasteiger partial charge < -0.3 is 9.47 Å². The summed E-state index contributed by atoms with van der Waals surface area (Å²) in [7, 11) is -1.37. The Morgan fingerprint density at radius 2 is 1.80 bits per heavy atom. The minimum absolute atomic E-state index is 0.399. The quantitative estimate of drug-likeness (QED) is 0.795. The number of esters is 1. The van der Waals surface area contributed by atoms with Gasteiger partial charge in [-0.2, -0.15) is 0 Å². The first-order valence-corrected chi connectivity index (χ1v) is 10.4. The van der Waals surface area contributed by atoms with Gasteiger partial charge >= 0.3 is 5.97 Å². The van der Waals surface area contributed by atoms with Crippen LogP contribution in [0.1, 0.15) is 66.3 Å². The zero-order valence-corrected chi connectivity index (χ0v) is 17.9. The van der Waals surface area contributed by atoms with Crippen LogP contribution in [0.5, 0.6) is 0 Å². The molecule has 1 N–H and O–H groups in total. The summed E-state index contributed by atoms with van der Waals surface area (Å²) >= 11 is 1.49. The lowest BCUT2D eigenvalue weighted by atomic mass is 9.86. The molecule has 25 heavy (non-hydrogen) atoms. The SMILES string of the molecule is CC(C)(C)S(=O)N[C@@H](c1cccs1)[C@]1(C)O[C@](C)(C(C)(C)C)OC1=O. The number of nitrogens with one attached hydrogen (secondary N) is 1. The molecule has 1 aromatic heterocycles. The summed E-state index contributed by atoms with van der Waals surface area (Å²) in [5.41, 5.74) is -1.67. The second-order valence-corrected chi connectivity index (χ2v) is 11.7. The molecule has 4 atom stereocenters. The predicted molar refractivity (Wildman–Crippen MR) is 102 cm³/mol. The minimum Gasteiger partial charge on any atom is -0.431 e. The molecule has 7 heteroatoms. The molecule has 1 aliphatic rings. The van der Waals surface area contributed by atoms with Crippen molar-refractivity contribution in [3.05, 3.63) is 22.4 Å². The largest absolute Gasteiger partial charge is 0.431 e. The van der Waals surface area contributed by atoms with E-state index in [9.17, 15) is 9.00 Å². The maximum absolute atomic E-state index is 12.8. The third kappa shape index (κ3) is 3.84. The summed E-state index contributed by atoms with van der Waals surface area (Å²) in [4.78, 5) is 13.7. The van der Waals surface area contributed by atoms with Gasteiger partial charge in [-0.3, -0.25) is 0 Å². The lowest BCUT2D eigenvalue weighted by molar-refractivity contribution is -0.233. The van der Waals surface area contributed by atoms with E-state index >= 15 is 0 Å². The summed E-state index contributed by atoms with van der Waals surface area (Å²) in [5, 5.41) is 1.93. The lowest BCUT2D eigenvalue weighted by Crippen LogP contribution is -2.51. The van der Waals surface area contributed by atoms with Gasteiger partial charge in [0.1, 0.15) is 0 Å². The minimum atomic E-state index is -1.37. The summed E-state index contributed by atoms with van der Waals surface area (Å²) in [6.45, 7) is 15.0. The van der Waals surface area contributed by atoms with Crippen molar-refractivity contribution < 1.29 is 18.5 Å². The monoisotopic (exact) mass is 387 g/mol. The highest BCUT2D eigenvalue weighted by Gasteiger charge is 2.62. The number of hydrogen-bond acceptors (Lipinski definition) is 5. The molecular formula is C18H29NO4S2. The Labute approximate surface area is 157 Å². The van der Waals surface area contributed by atoms with Crippen LogP contribution in [0.15, 0.2) is 17.5 Å². The Morgan fingerprint density at radius 3 is 2.20 bits per heavy atom. The highest BCUT2D eigenvalue weighted by atomic mass is 32.2. The van der Waals surface area contributed by atoms with E-state index in [-0.39, 0.29) is 0 Å². The number of thiophene rings is 1. The van der Waals surface area contributed by atoms with Gasteiger partial charge in [-0.15, -0.1) is 11.3 Å². The zero-order valence-electron chi connectivity index (χ0n) is 16.3. The van der Waals surface area contributed by atoms with E-state index in [1.807, 2.05) is 59.1 Å². The molecule has 1 unspecified atom stereocenters. The van der Waals surface area contributed by atoms with Crippen molar-refractivity contribution in [1.82, 2.24) is 4.72 Å². The van der Waals surface area contributed by atoms with E-state index in [4.69, 9.17) is 9.47 Å². The maximum atomic E-state index is 12.8. The molecule has 1 aromatic rings. The number of ether oxygens (including phenoxy) is 2. The average Bonchev–Trinajstić information content (AvgIpc) is 3.02. The molecule has 2 rings (SSSR count). The fourth-order valence-electron chi connectivity index (χ4n) is 2.41. The number of hydrogen-bond donors (Lipinski definition) is 1. The van der Waals surface area contributed by atoms with Gasteiger partial charge in [0.05, 0.1) is 21.8 Å².